The lowest BCUT2D eigenvalue weighted by Gasteiger charge is -2.10. The van der Waals surface area contributed by atoms with Gasteiger partial charge >= 0.3 is 0 Å². The summed E-state index contributed by atoms with van der Waals surface area (Å²) in [5.41, 5.74) is 4.82. The van der Waals surface area contributed by atoms with Gasteiger partial charge in [0.25, 0.3) is 0 Å². The molecule has 4 aromatic heterocycles. The van der Waals surface area contributed by atoms with Crippen LogP contribution in [-0.4, -0.2) is 19.5 Å². The van der Waals surface area contributed by atoms with Crippen LogP contribution in [0.5, 0.6) is 0 Å². The Balaban J connectivity index is 1.15. The van der Waals surface area contributed by atoms with Crippen LogP contribution in [0.3, 0.4) is 0 Å². The van der Waals surface area contributed by atoms with Gasteiger partial charge in [0.15, 0.2) is 17.5 Å². The Kier molecular flexibility index (Phi) is 5.25. The monoisotopic (exact) mass is 691 g/mol. The predicted molar refractivity (Wildman–Crippen MR) is 216 cm³/mol. The van der Waals surface area contributed by atoms with Crippen molar-refractivity contribution in [3.63, 3.8) is 0 Å². The van der Waals surface area contributed by atoms with Gasteiger partial charge in [-0.3, -0.25) is 0 Å². The van der Waals surface area contributed by atoms with Gasteiger partial charge in [-0.05, 0) is 36.4 Å². The highest BCUT2D eigenvalue weighted by Crippen LogP contribution is 2.43. The van der Waals surface area contributed by atoms with Crippen molar-refractivity contribution in [2.45, 2.75) is 0 Å². The molecule has 4 nitrogen and oxygen atoms in total. The minimum Gasteiger partial charge on any atom is -0.308 e. The predicted octanol–water partition coefficient (Wildman–Crippen LogP) is 12.7. The van der Waals surface area contributed by atoms with Crippen LogP contribution in [0.1, 0.15) is 6.85 Å². The number of rotatable bonds is 4. The lowest BCUT2D eigenvalue weighted by Crippen LogP contribution is -2.00. The molecule has 0 aliphatic carbocycles. The first-order valence-corrected chi connectivity index (χ1v) is 18.2. The van der Waals surface area contributed by atoms with Crippen LogP contribution in [-0.2, 0) is 0 Å². The molecule has 11 rings (SSSR count). The fourth-order valence-corrected chi connectivity index (χ4v) is 9.72. The van der Waals surface area contributed by atoms with Crippen molar-refractivity contribution < 1.29 is 6.85 Å². The Labute approximate surface area is 307 Å². The molecule has 51 heavy (non-hydrogen) atoms. The number of nitrogens with zero attached hydrogens (tertiary/aromatic N) is 4. The first-order chi connectivity index (χ1) is 27.4. The molecule has 4 heterocycles. The van der Waals surface area contributed by atoms with E-state index in [1.54, 1.807) is 22.7 Å². The molecule has 0 atom stereocenters. The summed E-state index contributed by atoms with van der Waals surface area (Å²) in [5, 5.41) is 6.72. The van der Waals surface area contributed by atoms with Gasteiger partial charge in [-0.25, -0.2) is 15.0 Å². The quantitative estimate of drug-likeness (QED) is 0.184. The summed E-state index contributed by atoms with van der Waals surface area (Å²) in [6.07, 6.45) is 0. The van der Waals surface area contributed by atoms with Gasteiger partial charge in [-0.2, -0.15) is 0 Å². The zero-order chi connectivity index (χ0) is 37.8. The molecular weight excluding hydrogens is 661 g/mol. The Morgan fingerprint density at radius 3 is 1.92 bits per heavy atom. The maximum absolute atomic E-state index is 8.82. The van der Waals surface area contributed by atoms with Crippen LogP contribution in [0.25, 0.3) is 102 Å². The minimum atomic E-state index is -0.469. The van der Waals surface area contributed by atoms with Gasteiger partial charge in [0.05, 0.1) is 28.3 Å². The SMILES string of the molecule is [2H]c1c([2H])c([2H])c(-c2nc(-c3ccc4c(c3)sc3c(-n5c6ccccc6c6ccccc65)cccc34)nc(-c3cccc4sc5ccccc5c34)n2)c([2H])c1[2H]. The lowest BCUT2D eigenvalue weighted by atomic mass is 10.1. The fourth-order valence-electron chi connectivity index (χ4n) is 7.34. The van der Waals surface area contributed by atoms with Crippen molar-refractivity contribution in [2.24, 2.45) is 0 Å². The largest absolute Gasteiger partial charge is 0.308 e. The third-order valence-electron chi connectivity index (χ3n) is 9.56. The molecule has 0 bridgehead atoms. The first kappa shape index (κ1) is 24.0. The van der Waals surface area contributed by atoms with Gasteiger partial charge in [0.1, 0.15) is 0 Å². The number of fused-ring (bicyclic) bond motifs is 9. The summed E-state index contributed by atoms with van der Waals surface area (Å²) < 4.78 is 49.4. The van der Waals surface area contributed by atoms with Crippen LogP contribution < -0.4 is 0 Å². The molecule has 0 unspecified atom stereocenters. The molecule has 0 amide bonds. The second-order valence-electron chi connectivity index (χ2n) is 12.4. The normalized spacial score (nSPS) is 13.3. The van der Waals surface area contributed by atoms with Crippen molar-refractivity contribution in [3.05, 3.63) is 158 Å². The zero-order valence-electron chi connectivity index (χ0n) is 31.7. The molecule has 0 saturated heterocycles. The van der Waals surface area contributed by atoms with Gasteiger partial charge in [0.2, 0.25) is 0 Å². The van der Waals surface area contributed by atoms with E-state index in [2.05, 4.69) is 102 Å². The molecule has 7 aromatic carbocycles. The average molecular weight is 692 g/mol. The Morgan fingerprint density at radius 2 is 1.12 bits per heavy atom. The highest BCUT2D eigenvalue weighted by molar-refractivity contribution is 7.26. The van der Waals surface area contributed by atoms with E-state index in [1.165, 1.54) is 10.8 Å². The van der Waals surface area contributed by atoms with E-state index < -0.39 is 18.1 Å². The molecule has 0 aliphatic rings. The van der Waals surface area contributed by atoms with Crippen molar-refractivity contribution in [3.8, 4) is 39.9 Å². The van der Waals surface area contributed by atoms with E-state index in [9.17, 15) is 0 Å². The third-order valence-corrected chi connectivity index (χ3v) is 11.9. The van der Waals surface area contributed by atoms with Crippen molar-refractivity contribution in [1.29, 1.82) is 0 Å². The fraction of sp³-hybridized carbons (Fsp3) is 0. The third kappa shape index (κ3) is 4.40. The Bertz CT molecular complexity index is 3380. The molecule has 0 saturated carbocycles. The van der Waals surface area contributed by atoms with Crippen molar-refractivity contribution in [1.82, 2.24) is 19.5 Å². The van der Waals surface area contributed by atoms with E-state index in [0.29, 0.717) is 11.6 Å². The molecular formula is C45H26N4S2. The van der Waals surface area contributed by atoms with Crippen LogP contribution in [0.4, 0.5) is 0 Å². The number of thiophene rings is 2. The average Bonchev–Trinajstić information content (AvgIpc) is 3.91. The summed E-state index contributed by atoms with van der Waals surface area (Å²) in [6.45, 7) is 0. The van der Waals surface area contributed by atoms with Crippen LogP contribution in [0.2, 0.25) is 0 Å². The van der Waals surface area contributed by atoms with Crippen molar-refractivity contribution >= 4 is 84.8 Å². The topological polar surface area (TPSA) is 43.6 Å². The van der Waals surface area contributed by atoms with E-state index >= 15 is 0 Å². The number of para-hydroxylation sites is 2. The van der Waals surface area contributed by atoms with Crippen LogP contribution in [0.15, 0.2) is 158 Å². The first-order valence-electron chi connectivity index (χ1n) is 19.0. The molecule has 0 fully saturated rings. The molecule has 11 aromatic rings. The standard InChI is InChI=1S/C45H26N4S2/c1-2-12-27(13-3-1)43-46-44(48-45(47-43)34-18-11-23-39-41(34)33-16-6-9-22-38(33)50-39)28-24-25-31-32-17-10-21-37(42(32)51-40(31)26-28)49-35-19-7-4-14-29(35)30-15-5-8-20-36(30)49/h1-26H/i1D,2D,3D,12D,13D. The second kappa shape index (κ2) is 11.2. The van der Waals surface area contributed by atoms with E-state index in [-0.39, 0.29) is 23.5 Å². The van der Waals surface area contributed by atoms with Gasteiger partial charge < -0.3 is 4.57 Å². The minimum absolute atomic E-state index is 0.0172. The van der Waals surface area contributed by atoms with E-state index in [0.717, 1.165) is 68.2 Å². The highest BCUT2D eigenvalue weighted by Gasteiger charge is 2.19. The maximum Gasteiger partial charge on any atom is 0.164 e. The van der Waals surface area contributed by atoms with Gasteiger partial charge in [0, 0.05) is 63.1 Å². The molecule has 0 aliphatic heterocycles. The zero-order valence-corrected chi connectivity index (χ0v) is 28.4. The molecule has 0 N–H and O–H groups in total. The summed E-state index contributed by atoms with van der Waals surface area (Å²) >= 11 is 3.39. The smallest absolute Gasteiger partial charge is 0.164 e. The molecule has 6 heteroatoms. The van der Waals surface area contributed by atoms with E-state index in [1.807, 2.05) is 30.3 Å². The summed E-state index contributed by atoms with van der Waals surface area (Å²) in [7, 11) is 0. The van der Waals surface area contributed by atoms with Crippen molar-refractivity contribution in [2.75, 3.05) is 0 Å². The summed E-state index contributed by atoms with van der Waals surface area (Å²) in [5.74, 6) is 0.718. The molecule has 0 spiro atoms. The summed E-state index contributed by atoms with van der Waals surface area (Å²) in [4.78, 5) is 14.8. The summed E-state index contributed by atoms with van der Waals surface area (Å²) in [6, 6.07) is 41.8. The molecule has 238 valence electrons. The second-order valence-corrected chi connectivity index (χ2v) is 14.6. The van der Waals surface area contributed by atoms with Gasteiger partial charge in [-0.1, -0.05) is 121 Å². The van der Waals surface area contributed by atoms with Crippen LogP contribution >= 0.6 is 22.7 Å². The van der Waals surface area contributed by atoms with Crippen LogP contribution in [0, 0.1) is 0 Å². The lowest BCUT2D eigenvalue weighted by molar-refractivity contribution is 1.08. The van der Waals surface area contributed by atoms with Gasteiger partial charge in [-0.15, -0.1) is 22.7 Å². The maximum atomic E-state index is 8.82. The number of hydrogen-bond acceptors (Lipinski definition) is 5. The Hall–Kier alpha value is -6.21. The molecule has 0 radical (unpaired) electrons. The number of hydrogen-bond donors (Lipinski definition) is 0. The highest BCUT2D eigenvalue weighted by atomic mass is 32.1. The van der Waals surface area contributed by atoms with E-state index in [4.69, 9.17) is 21.8 Å². The Morgan fingerprint density at radius 1 is 0.471 bits per heavy atom. The number of aromatic nitrogens is 4. The number of benzene rings is 7.